The largest absolute Gasteiger partial charge is 0.573 e. The first-order valence-corrected chi connectivity index (χ1v) is 11.6. The maximum atomic E-state index is 12.4. The first-order chi connectivity index (χ1) is 17.7. The van der Waals surface area contributed by atoms with Crippen molar-refractivity contribution in [2.45, 2.75) is 31.9 Å². The van der Waals surface area contributed by atoms with Crippen LogP contribution in [0.3, 0.4) is 0 Å². The molecule has 194 valence electrons. The molecule has 0 radical (unpaired) electrons. The highest BCUT2D eigenvalue weighted by Crippen LogP contribution is 2.30. The lowest BCUT2D eigenvalue weighted by atomic mass is 9.99. The van der Waals surface area contributed by atoms with Crippen molar-refractivity contribution in [3.05, 3.63) is 76.5 Å². The van der Waals surface area contributed by atoms with Gasteiger partial charge in [-0.15, -0.1) is 13.2 Å². The third kappa shape index (κ3) is 5.96. The van der Waals surface area contributed by atoms with Gasteiger partial charge in [-0.1, -0.05) is 18.2 Å². The molecular formula is C25H23F3N4O5. The van der Waals surface area contributed by atoms with Crippen molar-refractivity contribution in [1.82, 2.24) is 9.55 Å². The SMILES string of the molecule is O=[N+]([O-])c1cn2c(n1)O[C@@H](COc1ccc(N3CC=C(c4ccc(OC(F)(F)F)cc4)CC3)cc1)CC2. The van der Waals surface area contributed by atoms with Crippen LogP contribution in [0.5, 0.6) is 17.5 Å². The first-order valence-electron chi connectivity index (χ1n) is 11.6. The number of anilines is 1. The highest BCUT2D eigenvalue weighted by molar-refractivity contribution is 5.69. The average Bonchev–Trinajstić information content (AvgIpc) is 3.32. The Kier molecular flexibility index (Phi) is 6.64. The van der Waals surface area contributed by atoms with Crippen molar-refractivity contribution in [2.75, 3.05) is 24.6 Å². The number of nitrogens with zero attached hydrogens (tertiary/aromatic N) is 4. The summed E-state index contributed by atoms with van der Waals surface area (Å²) in [5.41, 5.74) is 2.98. The van der Waals surface area contributed by atoms with Gasteiger partial charge in [0.2, 0.25) is 0 Å². The molecule has 12 heteroatoms. The highest BCUT2D eigenvalue weighted by atomic mass is 19.4. The molecule has 1 aromatic heterocycles. The molecule has 0 unspecified atom stereocenters. The van der Waals surface area contributed by atoms with Crippen molar-refractivity contribution >= 4 is 17.1 Å². The summed E-state index contributed by atoms with van der Waals surface area (Å²) in [6.45, 7) is 2.30. The molecule has 0 saturated heterocycles. The van der Waals surface area contributed by atoms with E-state index in [4.69, 9.17) is 9.47 Å². The minimum Gasteiger partial charge on any atom is -0.490 e. The molecule has 0 fully saturated rings. The number of benzene rings is 2. The number of hydrogen-bond acceptors (Lipinski definition) is 7. The summed E-state index contributed by atoms with van der Waals surface area (Å²) >= 11 is 0. The molecule has 0 spiro atoms. The fourth-order valence-corrected chi connectivity index (χ4v) is 4.32. The molecule has 2 aliphatic heterocycles. The van der Waals surface area contributed by atoms with Gasteiger partial charge in [0.05, 0.1) is 0 Å². The minimum atomic E-state index is -4.70. The summed E-state index contributed by atoms with van der Waals surface area (Å²) in [5.74, 6) is 0.212. The summed E-state index contributed by atoms with van der Waals surface area (Å²) in [7, 11) is 0. The Morgan fingerprint density at radius 1 is 1.08 bits per heavy atom. The van der Waals surface area contributed by atoms with Crippen molar-refractivity contribution < 1.29 is 32.3 Å². The van der Waals surface area contributed by atoms with Crippen LogP contribution < -0.4 is 19.1 Å². The fraction of sp³-hybridized carbons (Fsp3) is 0.320. The van der Waals surface area contributed by atoms with Gasteiger partial charge in [0, 0.05) is 36.7 Å². The zero-order valence-electron chi connectivity index (χ0n) is 19.6. The molecule has 0 amide bonds. The predicted octanol–water partition coefficient (Wildman–Crippen LogP) is 5.21. The summed E-state index contributed by atoms with van der Waals surface area (Å²) in [4.78, 5) is 16.4. The number of aromatic nitrogens is 2. The van der Waals surface area contributed by atoms with Crippen LogP contribution in [-0.4, -0.2) is 46.6 Å². The Hall–Kier alpha value is -4.22. The molecule has 3 aromatic rings. The molecule has 2 aromatic carbocycles. The lowest BCUT2D eigenvalue weighted by Gasteiger charge is -2.29. The van der Waals surface area contributed by atoms with E-state index in [1.54, 1.807) is 16.7 Å². The topological polar surface area (TPSA) is 91.9 Å². The van der Waals surface area contributed by atoms with Crippen LogP contribution in [0.25, 0.3) is 5.57 Å². The molecule has 5 rings (SSSR count). The van der Waals surface area contributed by atoms with Crippen LogP contribution >= 0.6 is 0 Å². The van der Waals surface area contributed by atoms with Crippen molar-refractivity contribution in [3.8, 4) is 17.5 Å². The van der Waals surface area contributed by atoms with Gasteiger partial charge in [-0.3, -0.25) is 4.57 Å². The van der Waals surface area contributed by atoms with E-state index in [1.807, 2.05) is 24.3 Å². The number of fused-ring (bicyclic) bond motifs is 1. The highest BCUT2D eigenvalue weighted by Gasteiger charge is 2.31. The Morgan fingerprint density at radius 2 is 1.81 bits per heavy atom. The molecule has 0 bridgehead atoms. The van der Waals surface area contributed by atoms with Crippen molar-refractivity contribution in [3.63, 3.8) is 0 Å². The fourth-order valence-electron chi connectivity index (χ4n) is 4.32. The molecule has 37 heavy (non-hydrogen) atoms. The lowest BCUT2D eigenvalue weighted by molar-refractivity contribution is -0.389. The van der Waals surface area contributed by atoms with Gasteiger partial charge >= 0.3 is 18.2 Å². The predicted molar refractivity (Wildman–Crippen MR) is 128 cm³/mol. The van der Waals surface area contributed by atoms with E-state index in [0.29, 0.717) is 31.9 Å². The molecule has 1 atom stereocenters. The van der Waals surface area contributed by atoms with E-state index >= 15 is 0 Å². The zero-order chi connectivity index (χ0) is 26.0. The number of imidazole rings is 1. The lowest BCUT2D eigenvalue weighted by Crippen LogP contribution is -2.31. The van der Waals surface area contributed by atoms with Gasteiger partial charge in [-0.05, 0) is 58.9 Å². The van der Waals surface area contributed by atoms with Crippen molar-refractivity contribution in [2.24, 2.45) is 0 Å². The third-order valence-electron chi connectivity index (χ3n) is 6.18. The van der Waals surface area contributed by atoms with Gasteiger partial charge in [0.25, 0.3) is 0 Å². The van der Waals surface area contributed by atoms with E-state index in [2.05, 4.69) is 20.7 Å². The average molecular weight is 516 g/mol. The Morgan fingerprint density at radius 3 is 2.46 bits per heavy atom. The van der Waals surface area contributed by atoms with Crippen LogP contribution in [0, 0.1) is 10.1 Å². The van der Waals surface area contributed by atoms with Crippen molar-refractivity contribution in [1.29, 1.82) is 0 Å². The third-order valence-corrected chi connectivity index (χ3v) is 6.18. The Labute approximate surface area is 209 Å². The van der Waals surface area contributed by atoms with E-state index in [0.717, 1.165) is 29.8 Å². The number of rotatable bonds is 7. The molecule has 3 heterocycles. The normalized spacial score (nSPS) is 17.4. The van der Waals surface area contributed by atoms with E-state index < -0.39 is 11.3 Å². The second kappa shape index (κ2) is 10.0. The van der Waals surface area contributed by atoms with E-state index in [9.17, 15) is 23.3 Å². The van der Waals surface area contributed by atoms with Gasteiger partial charge in [0.15, 0.2) is 0 Å². The van der Waals surface area contributed by atoms with Crippen LogP contribution in [0.15, 0.2) is 60.8 Å². The molecule has 0 aliphatic carbocycles. The van der Waals surface area contributed by atoms with E-state index in [1.165, 1.54) is 18.3 Å². The Balaban J connectivity index is 1.12. The monoisotopic (exact) mass is 516 g/mol. The second-order valence-electron chi connectivity index (χ2n) is 8.66. The molecule has 0 saturated carbocycles. The standard InChI is InChI=1S/C25H23F3N4O5/c26-25(27,28)37-21-5-1-17(2-6-21)18-9-12-30(13-10-18)19-3-7-20(8-4-19)35-16-22-11-14-31-15-23(32(33)34)29-24(31)36-22/h1-9,15,22H,10-14,16H2/t22-/m1/s1. The van der Waals surface area contributed by atoms with Gasteiger partial charge < -0.3 is 29.2 Å². The molecular weight excluding hydrogens is 493 g/mol. The zero-order valence-corrected chi connectivity index (χ0v) is 19.6. The number of halogens is 3. The molecule has 0 N–H and O–H groups in total. The maximum Gasteiger partial charge on any atom is 0.573 e. The number of aryl methyl sites for hydroxylation is 1. The quantitative estimate of drug-likeness (QED) is 0.314. The second-order valence-corrected chi connectivity index (χ2v) is 8.66. The number of hydrogen-bond donors (Lipinski definition) is 0. The first kappa shape index (κ1) is 24.5. The Bertz CT molecular complexity index is 1290. The minimum absolute atomic E-state index is 0.227. The van der Waals surface area contributed by atoms with Crippen LogP contribution in [-0.2, 0) is 6.54 Å². The van der Waals surface area contributed by atoms with Crippen LogP contribution in [0.2, 0.25) is 0 Å². The summed E-state index contributed by atoms with van der Waals surface area (Å²) in [5, 5.41) is 10.9. The van der Waals surface area contributed by atoms with E-state index in [-0.39, 0.29) is 23.7 Å². The van der Waals surface area contributed by atoms with Gasteiger partial charge in [-0.2, -0.15) is 0 Å². The van der Waals surface area contributed by atoms with Gasteiger partial charge in [0.1, 0.15) is 30.4 Å². The van der Waals surface area contributed by atoms with Crippen LogP contribution in [0.4, 0.5) is 24.7 Å². The van der Waals surface area contributed by atoms with Crippen LogP contribution in [0.1, 0.15) is 18.4 Å². The number of alkyl halides is 3. The van der Waals surface area contributed by atoms with Gasteiger partial charge in [-0.25, -0.2) is 0 Å². The smallest absolute Gasteiger partial charge is 0.490 e. The number of nitro groups is 1. The molecule has 2 aliphatic rings. The maximum absolute atomic E-state index is 12.4. The summed E-state index contributed by atoms with van der Waals surface area (Å²) in [6, 6.07) is 13.8. The molecule has 9 nitrogen and oxygen atoms in total. The summed E-state index contributed by atoms with van der Waals surface area (Å²) in [6.07, 6.45) is -0.112. The summed E-state index contributed by atoms with van der Waals surface area (Å²) < 4.78 is 54.2. The number of ether oxygens (including phenoxy) is 3.